The zero-order chi connectivity index (χ0) is 20.5. The summed E-state index contributed by atoms with van der Waals surface area (Å²) in [4.78, 5) is 14.5. The summed E-state index contributed by atoms with van der Waals surface area (Å²) in [6.45, 7) is 2.07. The predicted octanol–water partition coefficient (Wildman–Crippen LogP) is 4.36. The van der Waals surface area contributed by atoms with Crippen LogP contribution in [0.3, 0.4) is 0 Å². The molecule has 0 aromatic heterocycles. The Labute approximate surface area is 177 Å². The van der Waals surface area contributed by atoms with E-state index in [2.05, 4.69) is 29.6 Å². The van der Waals surface area contributed by atoms with E-state index in [0.717, 1.165) is 31.2 Å². The van der Waals surface area contributed by atoms with Gasteiger partial charge in [0.05, 0.1) is 0 Å². The standard InChI is InChI=1S/C24H26ClN3O/c25-23-8-6-19(7-9-23)10-13-27-18-22(17-26)24(29)28-14-11-21(12-15-28)16-20-4-2-1-3-5-20/h1-9,18,21,27H,10-16H2/b22-18-. The van der Waals surface area contributed by atoms with Crippen molar-refractivity contribution in [1.82, 2.24) is 10.2 Å². The number of likely N-dealkylation sites (tertiary alicyclic amines) is 1. The van der Waals surface area contributed by atoms with E-state index >= 15 is 0 Å². The highest BCUT2D eigenvalue weighted by atomic mass is 35.5. The molecule has 0 unspecified atom stereocenters. The summed E-state index contributed by atoms with van der Waals surface area (Å²) in [7, 11) is 0. The Morgan fingerprint density at radius 3 is 2.45 bits per heavy atom. The number of rotatable bonds is 7. The summed E-state index contributed by atoms with van der Waals surface area (Å²) in [6, 6.07) is 20.2. The molecular weight excluding hydrogens is 382 g/mol. The summed E-state index contributed by atoms with van der Waals surface area (Å²) >= 11 is 5.89. The Hall–Kier alpha value is -2.77. The van der Waals surface area contributed by atoms with E-state index in [9.17, 15) is 10.1 Å². The van der Waals surface area contributed by atoms with E-state index in [4.69, 9.17) is 11.6 Å². The molecule has 1 fully saturated rings. The van der Waals surface area contributed by atoms with Crippen LogP contribution in [0.25, 0.3) is 0 Å². The van der Waals surface area contributed by atoms with E-state index in [0.29, 0.717) is 30.6 Å². The van der Waals surface area contributed by atoms with Crippen molar-refractivity contribution in [2.24, 2.45) is 5.92 Å². The van der Waals surface area contributed by atoms with Crippen molar-refractivity contribution < 1.29 is 4.79 Å². The molecule has 29 heavy (non-hydrogen) atoms. The highest BCUT2D eigenvalue weighted by Crippen LogP contribution is 2.22. The fourth-order valence-corrected chi connectivity index (χ4v) is 3.77. The molecule has 0 spiro atoms. The second kappa shape index (κ2) is 10.7. The van der Waals surface area contributed by atoms with E-state index in [-0.39, 0.29) is 11.5 Å². The Balaban J connectivity index is 1.45. The van der Waals surface area contributed by atoms with Gasteiger partial charge in [-0.25, -0.2) is 0 Å². The van der Waals surface area contributed by atoms with Gasteiger partial charge in [0.1, 0.15) is 11.6 Å². The van der Waals surface area contributed by atoms with E-state index in [1.165, 1.54) is 5.56 Å². The molecule has 1 aliphatic heterocycles. The Morgan fingerprint density at radius 1 is 1.10 bits per heavy atom. The highest BCUT2D eigenvalue weighted by Gasteiger charge is 2.25. The van der Waals surface area contributed by atoms with Gasteiger partial charge in [0, 0.05) is 30.9 Å². The Bertz CT molecular complexity index is 863. The van der Waals surface area contributed by atoms with Gasteiger partial charge < -0.3 is 10.2 Å². The number of carbonyl (C=O) groups excluding carboxylic acids is 1. The second-order valence-electron chi connectivity index (χ2n) is 7.43. The first-order chi connectivity index (χ1) is 14.2. The van der Waals surface area contributed by atoms with Gasteiger partial charge in [-0.2, -0.15) is 5.26 Å². The van der Waals surface area contributed by atoms with Crippen molar-refractivity contribution in [2.45, 2.75) is 25.7 Å². The fourth-order valence-electron chi connectivity index (χ4n) is 3.64. The number of benzene rings is 2. The van der Waals surface area contributed by atoms with Crippen molar-refractivity contribution in [3.8, 4) is 6.07 Å². The van der Waals surface area contributed by atoms with E-state index in [1.54, 1.807) is 11.1 Å². The maximum absolute atomic E-state index is 12.7. The summed E-state index contributed by atoms with van der Waals surface area (Å²) in [5.74, 6) is 0.415. The molecule has 0 aliphatic carbocycles. The monoisotopic (exact) mass is 407 g/mol. The number of hydrogen-bond donors (Lipinski definition) is 1. The largest absolute Gasteiger partial charge is 0.389 e. The summed E-state index contributed by atoms with van der Waals surface area (Å²) < 4.78 is 0. The molecule has 0 radical (unpaired) electrons. The van der Waals surface area contributed by atoms with Crippen LogP contribution < -0.4 is 5.32 Å². The number of carbonyl (C=O) groups is 1. The number of nitriles is 1. The van der Waals surface area contributed by atoms with Gasteiger partial charge in [-0.05, 0) is 54.9 Å². The average Bonchev–Trinajstić information content (AvgIpc) is 2.76. The van der Waals surface area contributed by atoms with Crippen LogP contribution in [0, 0.1) is 17.2 Å². The zero-order valence-electron chi connectivity index (χ0n) is 16.5. The lowest BCUT2D eigenvalue weighted by atomic mass is 9.90. The van der Waals surface area contributed by atoms with Crippen molar-refractivity contribution in [3.05, 3.63) is 82.5 Å². The number of nitrogens with zero attached hydrogens (tertiary/aromatic N) is 2. The number of hydrogen-bond acceptors (Lipinski definition) is 3. The molecule has 1 heterocycles. The highest BCUT2D eigenvalue weighted by molar-refractivity contribution is 6.30. The molecule has 1 aliphatic rings. The lowest BCUT2D eigenvalue weighted by Gasteiger charge is -2.32. The predicted molar refractivity (Wildman–Crippen MR) is 116 cm³/mol. The van der Waals surface area contributed by atoms with Crippen LogP contribution in [-0.4, -0.2) is 30.4 Å². The molecule has 0 saturated carbocycles. The maximum atomic E-state index is 12.7. The fraction of sp³-hybridized carbons (Fsp3) is 0.333. The number of nitrogens with one attached hydrogen (secondary N) is 1. The van der Waals surface area contributed by atoms with Crippen molar-refractivity contribution in [1.29, 1.82) is 5.26 Å². The first-order valence-electron chi connectivity index (χ1n) is 10.1. The lowest BCUT2D eigenvalue weighted by Crippen LogP contribution is -2.39. The quantitative estimate of drug-likeness (QED) is 0.421. The molecule has 0 atom stereocenters. The minimum Gasteiger partial charge on any atom is -0.389 e. The van der Waals surface area contributed by atoms with Gasteiger partial charge in [-0.3, -0.25) is 4.79 Å². The molecule has 1 N–H and O–H groups in total. The molecule has 1 amide bonds. The van der Waals surface area contributed by atoms with Crippen LogP contribution in [0.15, 0.2) is 66.4 Å². The third-order valence-electron chi connectivity index (χ3n) is 5.34. The molecule has 0 bridgehead atoms. The SMILES string of the molecule is N#C/C(=C/NCCc1ccc(Cl)cc1)C(=O)N1CCC(Cc2ccccc2)CC1. The van der Waals surface area contributed by atoms with Crippen LogP contribution in [0.5, 0.6) is 0 Å². The van der Waals surface area contributed by atoms with Gasteiger partial charge in [0.25, 0.3) is 5.91 Å². The zero-order valence-corrected chi connectivity index (χ0v) is 17.2. The lowest BCUT2D eigenvalue weighted by molar-refractivity contribution is -0.128. The molecular formula is C24H26ClN3O. The van der Waals surface area contributed by atoms with Gasteiger partial charge in [0.15, 0.2) is 0 Å². The van der Waals surface area contributed by atoms with E-state index in [1.807, 2.05) is 36.4 Å². The van der Waals surface area contributed by atoms with Gasteiger partial charge >= 0.3 is 0 Å². The first kappa shape index (κ1) is 21.0. The molecule has 150 valence electrons. The third-order valence-corrected chi connectivity index (χ3v) is 5.59. The molecule has 1 saturated heterocycles. The molecule has 3 rings (SSSR count). The smallest absolute Gasteiger partial charge is 0.265 e. The minimum atomic E-state index is -0.176. The van der Waals surface area contributed by atoms with Crippen LogP contribution in [-0.2, 0) is 17.6 Å². The van der Waals surface area contributed by atoms with Crippen molar-refractivity contribution in [3.63, 3.8) is 0 Å². The normalized spacial score (nSPS) is 15.0. The van der Waals surface area contributed by atoms with Crippen molar-refractivity contribution >= 4 is 17.5 Å². The topological polar surface area (TPSA) is 56.1 Å². The Morgan fingerprint density at radius 2 is 1.79 bits per heavy atom. The molecule has 2 aromatic carbocycles. The number of halogens is 1. The van der Waals surface area contributed by atoms with Gasteiger partial charge in [0.2, 0.25) is 0 Å². The Kier molecular flexibility index (Phi) is 7.72. The number of amides is 1. The van der Waals surface area contributed by atoms with Gasteiger partial charge in [-0.1, -0.05) is 54.1 Å². The molecule has 2 aromatic rings. The van der Waals surface area contributed by atoms with Crippen molar-refractivity contribution in [2.75, 3.05) is 19.6 Å². The number of piperidine rings is 1. The summed E-state index contributed by atoms with van der Waals surface area (Å²) in [5.41, 5.74) is 2.67. The third kappa shape index (κ3) is 6.37. The summed E-state index contributed by atoms with van der Waals surface area (Å²) in [5, 5.41) is 13.2. The minimum absolute atomic E-state index is 0.169. The second-order valence-corrected chi connectivity index (χ2v) is 7.86. The average molecular weight is 408 g/mol. The first-order valence-corrected chi connectivity index (χ1v) is 10.4. The van der Waals surface area contributed by atoms with E-state index < -0.39 is 0 Å². The summed E-state index contributed by atoms with van der Waals surface area (Å²) in [6.07, 6.45) is 5.35. The molecule has 5 heteroatoms. The molecule has 4 nitrogen and oxygen atoms in total. The van der Waals surface area contributed by atoms with Crippen LogP contribution in [0.4, 0.5) is 0 Å². The van der Waals surface area contributed by atoms with Crippen LogP contribution >= 0.6 is 11.6 Å². The van der Waals surface area contributed by atoms with Gasteiger partial charge in [-0.15, -0.1) is 0 Å². The maximum Gasteiger partial charge on any atom is 0.265 e. The van der Waals surface area contributed by atoms with Crippen LogP contribution in [0.1, 0.15) is 24.0 Å². The van der Waals surface area contributed by atoms with Crippen LogP contribution in [0.2, 0.25) is 5.02 Å².